The van der Waals surface area contributed by atoms with Crippen LogP contribution in [-0.4, -0.2) is 79.0 Å². The Balaban J connectivity index is 2.49. The summed E-state index contributed by atoms with van der Waals surface area (Å²) in [5, 5.41) is 20.1. The van der Waals surface area contributed by atoms with Crippen LogP contribution in [0.5, 0.6) is 0 Å². The molecule has 1 saturated heterocycles. The number of sulfonamides is 1. The highest BCUT2D eigenvalue weighted by Gasteiger charge is 2.28. The van der Waals surface area contributed by atoms with Gasteiger partial charge >= 0.3 is 5.97 Å². The molecule has 1 rings (SSSR count). The van der Waals surface area contributed by atoms with E-state index in [9.17, 15) is 23.1 Å². The third-order valence-corrected chi connectivity index (χ3v) is 4.89. The fraction of sp³-hybridized carbons (Fsp3) is 0.818. The molecule has 0 bridgehead atoms. The molecule has 0 aromatic carbocycles. The number of aliphatic hydroxyl groups excluding tert-OH is 1. The van der Waals surface area contributed by atoms with E-state index < -0.39 is 39.8 Å². The largest absolute Gasteiger partial charge is 0.480 e. The number of carboxylic acid groups (broad SMARTS) is 1. The lowest BCUT2D eigenvalue weighted by molar-refractivity contribution is -0.144. The lowest BCUT2D eigenvalue weighted by atomic mass is 10.2. The van der Waals surface area contributed by atoms with E-state index in [0.29, 0.717) is 13.2 Å². The van der Waals surface area contributed by atoms with Crippen LogP contribution in [0.4, 0.5) is 0 Å². The van der Waals surface area contributed by atoms with Gasteiger partial charge in [-0.25, -0.2) is 13.2 Å². The van der Waals surface area contributed by atoms with Gasteiger partial charge in [0, 0.05) is 19.5 Å². The summed E-state index contributed by atoms with van der Waals surface area (Å²) in [6.07, 6.45) is -1.64. The van der Waals surface area contributed by atoms with Crippen molar-refractivity contribution in [3.8, 4) is 0 Å². The van der Waals surface area contributed by atoms with E-state index in [1.807, 2.05) is 0 Å². The van der Waals surface area contributed by atoms with Gasteiger partial charge in [0.2, 0.25) is 15.9 Å². The van der Waals surface area contributed by atoms with Crippen LogP contribution in [0.15, 0.2) is 0 Å². The molecular weight excluding hydrogens is 304 g/mol. The van der Waals surface area contributed by atoms with E-state index in [-0.39, 0.29) is 19.5 Å². The molecule has 0 saturated carbocycles. The number of ether oxygens (including phenoxy) is 1. The molecule has 1 aliphatic heterocycles. The number of nitrogens with zero attached hydrogens (tertiary/aromatic N) is 1. The van der Waals surface area contributed by atoms with E-state index in [4.69, 9.17) is 9.84 Å². The maximum Gasteiger partial charge on any atom is 0.328 e. The number of carbonyl (C=O) groups is 2. The van der Waals surface area contributed by atoms with Crippen molar-refractivity contribution in [2.45, 2.75) is 25.5 Å². The minimum absolute atomic E-state index is 0.245. The second-order valence-corrected chi connectivity index (χ2v) is 6.79. The van der Waals surface area contributed by atoms with Crippen LogP contribution < -0.4 is 5.32 Å². The van der Waals surface area contributed by atoms with Crippen molar-refractivity contribution in [2.24, 2.45) is 0 Å². The molecule has 0 unspecified atom stereocenters. The van der Waals surface area contributed by atoms with E-state index in [2.05, 4.69) is 5.32 Å². The molecule has 2 atom stereocenters. The summed E-state index contributed by atoms with van der Waals surface area (Å²) in [6.45, 7) is 2.34. The first-order valence-corrected chi connectivity index (χ1v) is 8.11. The normalized spacial score (nSPS) is 19.7. The molecule has 0 spiro atoms. The topological polar surface area (TPSA) is 133 Å². The number of hydrogen-bond donors (Lipinski definition) is 3. The fourth-order valence-electron chi connectivity index (χ4n) is 1.81. The van der Waals surface area contributed by atoms with Gasteiger partial charge in [0.15, 0.2) is 6.04 Å². The molecule has 10 heteroatoms. The Labute approximate surface area is 122 Å². The lowest BCUT2D eigenvalue weighted by Crippen LogP contribution is -2.48. The lowest BCUT2D eigenvalue weighted by Gasteiger charge is -2.26. The summed E-state index contributed by atoms with van der Waals surface area (Å²) in [4.78, 5) is 22.4. The average molecular weight is 324 g/mol. The number of aliphatic carboxylic acids is 1. The van der Waals surface area contributed by atoms with Crippen LogP contribution >= 0.6 is 0 Å². The minimum atomic E-state index is -3.57. The molecule has 0 aromatic rings. The summed E-state index contributed by atoms with van der Waals surface area (Å²) in [5.74, 6) is -2.53. The van der Waals surface area contributed by atoms with Gasteiger partial charge in [-0.1, -0.05) is 0 Å². The van der Waals surface area contributed by atoms with Crippen molar-refractivity contribution < 1.29 is 33.0 Å². The van der Waals surface area contributed by atoms with E-state index in [1.54, 1.807) is 0 Å². The van der Waals surface area contributed by atoms with E-state index in [0.717, 1.165) is 0 Å². The monoisotopic (exact) mass is 324 g/mol. The third-order valence-electron chi connectivity index (χ3n) is 3.02. The summed E-state index contributed by atoms with van der Waals surface area (Å²) < 4.78 is 30.2. The Hall–Kier alpha value is -1.23. The molecule has 1 aliphatic rings. The number of nitrogens with one attached hydrogen (secondary N) is 1. The van der Waals surface area contributed by atoms with Gasteiger partial charge in [0.1, 0.15) is 0 Å². The van der Waals surface area contributed by atoms with Gasteiger partial charge in [-0.05, 0) is 6.92 Å². The van der Waals surface area contributed by atoms with Crippen molar-refractivity contribution >= 4 is 21.9 Å². The van der Waals surface area contributed by atoms with Crippen LogP contribution in [-0.2, 0) is 24.3 Å². The molecule has 3 N–H and O–H groups in total. The average Bonchev–Trinajstić information content (AvgIpc) is 2.43. The molecule has 1 amide bonds. The molecule has 21 heavy (non-hydrogen) atoms. The van der Waals surface area contributed by atoms with E-state index in [1.165, 1.54) is 11.2 Å². The molecule has 122 valence electrons. The van der Waals surface area contributed by atoms with Gasteiger partial charge in [-0.2, -0.15) is 4.31 Å². The van der Waals surface area contributed by atoms with E-state index >= 15 is 0 Å². The highest BCUT2D eigenvalue weighted by molar-refractivity contribution is 7.89. The number of amides is 1. The highest BCUT2D eigenvalue weighted by atomic mass is 32.2. The van der Waals surface area contributed by atoms with Gasteiger partial charge in [0.25, 0.3) is 0 Å². The summed E-state index contributed by atoms with van der Waals surface area (Å²) in [5.41, 5.74) is 0. The van der Waals surface area contributed by atoms with Gasteiger partial charge in [-0.3, -0.25) is 4.79 Å². The number of carbonyl (C=O) groups excluding carboxylic acids is 1. The predicted molar refractivity (Wildman–Crippen MR) is 72.0 cm³/mol. The van der Waals surface area contributed by atoms with Crippen LogP contribution in [0.2, 0.25) is 0 Å². The number of aliphatic hydroxyl groups is 1. The van der Waals surface area contributed by atoms with Crippen molar-refractivity contribution in [3.05, 3.63) is 0 Å². The molecule has 1 heterocycles. The van der Waals surface area contributed by atoms with Crippen LogP contribution in [0, 0.1) is 0 Å². The first-order chi connectivity index (χ1) is 9.74. The van der Waals surface area contributed by atoms with Crippen molar-refractivity contribution in [3.63, 3.8) is 0 Å². The Morgan fingerprint density at radius 1 is 1.33 bits per heavy atom. The maximum absolute atomic E-state index is 12.0. The number of rotatable bonds is 7. The maximum atomic E-state index is 12.0. The van der Waals surface area contributed by atoms with Gasteiger partial charge < -0.3 is 20.3 Å². The molecule has 0 radical (unpaired) electrons. The quantitative estimate of drug-likeness (QED) is 0.492. The number of carboxylic acids is 1. The van der Waals surface area contributed by atoms with Gasteiger partial charge in [-0.15, -0.1) is 0 Å². The Morgan fingerprint density at radius 3 is 2.38 bits per heavy atom. The molecule has 1 fully saturated rings. The summed E-state index contributed by atoms with van der Waals surface area (Å²) >= 11 is 0. The summed E-state index contributed by atoms with van der Waals surface area (Å²) in [6, 6.07) is -1.46. The van der Waals surface area contributed by atoms with Crippen molar-refractivity contribution in [1.82, 2.24) is 9.62 Å². The van der Waals surface area contributed by atoms with Crippen molar-refractivity contribution in [1.29, 1.82) is 0 Å². The second-order valence-electron chi connectivity index (χ2n) is 4.70. The van der Waals surface area contributed by atoms with Crippen molar-refractivity contribution in [2.75, 3.05) is 32.1 Å². The van der Waals surface area contributed by atoms with Crippen LogP contribution in [0.25, 0.3) is 0 Å². The zero-order chi connectivity index (χ0) is 16.0. The van der Waals surface area contributed by atoms with Gasteiger partial charge in [0.05, 0.1) is 25.1 Å². The second kappa shape index (κ2) is 7.69. The molecular formula is C11H20N2O7S. The molecule has 0 aromatic heterocycles. The molecule has 0 aliphatic carbocycles. The third kappa shape index (κ3) is 5.58. The number of morpholine rings is 1. The summed E-state index contributed by atoms with van der Waals surface area (Å²) in [7, 11) is -3.57. The Kier molecular flexibility index (Phi) is 6.52. The fourth-order valence-corrected chi connectivity index (χ4v) is 3.22. The predicted octanol–water partition coefficient (Wildman–Crippen LogP) is -2.01. The minimum Gasteiger partial charge on any atom is -0.480 e. The Morgan fingerprint density at radius 2 is 1.90 bits per heavy atom. The van der Waals surface area contributed by atoms with Crippen LogP contribution in [0.1, 0.15) is 13.3 Å². The molecule has 9 nitrogen and oxygen atoms in total. The Bertz CT molecular complexity index is 471. The first-order valence-electron chi connectivity index (χ1n) is 6.50. The van der Waals surface area contributed by atoms with Crippen LogP contribution in [0.3, 0.4) is 0 Å². The zero-order valence-corrected chi connectivity index (χ0v) is 12.5. The highest BCUT2D eigenvalue weighted by Crippen LogP contribution is 2.07. The zero-order valence-electron chi connectivity index (χ0n) is 11.7. The smallest absolute Gasteiger partial charge is 0.328 e. The SMILES string of the molecule is C[C@@H](O)[C@H](NC(=O)CCS(=O)(=O)N1CCOCC1)C(=O)O. The number of hydrogen-bond acceptors (Lipinski definition) is 6. The first kappa shape index (κ1) is 17.8. The standard InChI is InChI=1S/C11H20N2O7S/c1-8(14)10(11(16)17)12-9(15)2-7-21(18,19)13-3-5-20-6-4-13/h8,10,14H,2-7H2,1H3,(H,12,15)(H,16,17)/t8-,10+/m1/s1.